The maximum Gasteiger partial charge on any atom is 0.239 e. The summed E-state index contributed by atoms with van der Waals surface area (Å²) in [6.07, 6.45) is 2.99. The molecule has 27 heavy (non-hydrogen) atoms. The fourth-order valence-electron chi connectivity index (χ4n) is 3.54. The van der Waals surface area contributed by atoms with E-state index in [4.69, 9.17) is 4.74 Å². The Balaban J connectivity index is 1.47. The van der Waals surface area contributed by atoms with Gasteiger partial charge in [-0.3, -0.25) is 9.59 Å². The van der Waals surface area contributed by atoms with Gasteiger partial charge in [0.25, 0.3) is 0 Å². The average Bonchev–Trinajstić information content (AvgIpc) is 3.42. The number of hydrogen-bond acceptors (Lipinski definition) is 5. The highest BCUT2D eigenvalue weighted by Gasteiger charge is 2.34. The molecule has 1 aliphatic carbocycles. The largest absolute Gasteiger partial charge is 0.497 e. The van der Waals surface area contributed by atoms with E-state index in [1.54, 1.807) is 7.11 Å². The molecular weight excluding hydrogens is 368 g/mol. The Hall–Kier alpha value is -2.09. The van der Waals surface area contributed by atoms with Gasteiger partial charge < -0.3 is 15.4 Å². The molecule has 7 nitrogen and oxygen atoms in total. The van der Waals surface area contributed by atoms with Crippen molar-refractivity contribution in [2.75, 3.05) is 25.2 Å². The summed E-state index contributed by atoms with van der Waals surface area (Å²) in [7, 11) is -1.42. The van der Waals surface area contributed by atoms with Gasteiger partial charge in [0.15, 0.2) is 9.84 Å². The van der Waals surface area contributed by atoms with Crippen LogP contribution in [0, 0.1) is 5.92 Å². The highest BCUT2D eigenvalue weighted by molar-refractivity contribution is 7.91. The van der Waals surface area contributed by atoms with Crippen LogP contribution in [0.4, 0.5) is 0 Å². The molecule has 2 unspecified atom stereocenters. The minimum Gasteiger partial charge on any atom is -0.497 e. The van der Waals surface area contributed by atoms with Gasteiger partial charge in [-0.25, -0.2) is 8.42 Å². The van der Waals surface area contributed by atoms with E-state index >= 15 is 0 Å². The van der Waals surface area contributed by atoms with E-state index in [1.165, 1.54) is 0 Å². The van der Waals surface area contributed by atoms with Crippen LogP contribution >= 0.6 is 0 Å². The second-order valence-corrected chi connectivity index (χ2v) is 9.59. The molecule has 1 saturated carbocycles. The number of amides is 2. The van der Waals surface area contributed by atoms with Crippen molar-refractivity contribution in [1.82, 2.24) is 10.6 Å². The van der Waals surface area contributed by atoms with Gasteiger partial charge in [0.2, 0.25) is 11.8 Å². The first-order valence-electron chi connectivity index (χ1n) is 9.27. The Morgan fingerprint density at radius 3 is 2.41 bits per heavy atom. The number of methoxy groups -OCH3 is 1. The van der Waals surface area contributed by atoms with E-state index in [0.717, 1.165) is 24.2 Å². The maximum absolute atomic E-state index is 12.3. The SMILES string of the molecule is COc1ccc(C(CC(=O)NCC(=O)NC2CCS(=O)(=O)C2)C2CC2)cc1. The fourth-order valence-corrected chi connectivity index (χ4v) is 5.22. The zero-order valence-electron chi connectivity index (χ0n) is 15.4. The summed E-state index contributed by atoms with van der Waals surface area (Å²) >= 11 is 0. The highest BCUT2D eigenvalue weighted by atomic mass is 32.2. The van der Waals surface area contributed by atoms with E-state index in [9.17, 15) is 18.0 Å². The van der Waals surface area contributed by atoms with Gasteiger partial charge >= 0.3 is 0 Å². The molecule has 8 heteroatoms. The van der Waals surface area contributed by atoms with Crippen LogP contribution in [0.15, 0.2) is 24.3 Å². The Bertz CT molecular complexity index is 787. The summed E-state index contributed by atoms with van der Waals surface area (Å²) in [5.74, 6) is 0.988. The number of hydrogen-bond donors (Lipinski definition) is 2. The molecule has 1 heterocycles. The maximum atomic E-state index is 12.3. The lowest BCUT2D eigenvalue weighted by molar-refractivity contribution is -0.126. The molecule has 2 amide bonds. The van der Waals surface area contributed by atoms with Crippen molar-refractivity contribution in [3.8, 4) is 5.75 Å². The third-order valence-electron chi connectivity index (χ3n) is 5.18. The van der Waals surface area contributed by atoms with Gasteiger partial charge in [-0.2, -0.15) is 0 Å². The third-order valence-corrected chi connectivity index (χ3v) is 6.95. The van der Waals surface area contributed by atoms with Crippen LogP contribution in [0.2, 0.25) is 0 Å². The smallest absolute Gasteiger partial charge is 0.239 e. The number of benzene rings is 1. The van der Waals surface area contributed by atoms with Crippen molar-refractivity contribution in [2.24, 2.45) is 5.92 Å². The number of nitrogens with one attached hydrogen (secondary N) is 2. The van der Waals surface area contributed by atoms with Crippen molar-refractivity contribution in [3.63, 3.8) is 0 Å². The minimum absolute atomic E-state index is 0.0199. The van der Waals surface area contributed by atoms with Crippen molar-refractivity contribution in [1.29, 1.82) is 0 Å². The molecule has 1 aromatic rings. The van der Waals surface area contributed by atoms with Crippen LogP contribution in [0.3, 0.4) is 0 Å². The molecule has 0 spiro atoms. The predicted octanol–water partition coefficient (Wildman–Crippen LogP) is 0.998. The van der Waals surface area contributed by atoms with Gasteiger partial charge in [-0.05, 0) is 48.8 Å². The normalized spacial score (nSPS) is 22.0. The van der Waals surface area contributed by atoms with Crippen LogP contribution in [0.5, 0.6) is 5.75 Å². The third kappa shape index (κ3) is 5.69. The first-order chi connectivity index (χ1) is 12.9. The second kappa shape index (κ2) is 8.29. The van der Waals surface area contributed by atoms with Crippen LogP contribution in [-0.2, 0) is 19.4 Å². The quantitative estimate of drug-likeness (QED) is 0.685. The average molecular weight is 394 g/mol. The molecule has 2 aliphatic rings. The zero-order valence-corrected chi connectivity index (χ0v) is 16.3. The molecule has 148 valence electrons. The summed E-state index contributed by atoms with van der Waals surface area (Å²) in [6.45, 7) is -0.130. The first-order valence-corrected chi connectivity index (χ1v) is 11.1. The van der Waals surface area contributed by atoms with Crippen LogP contribution in [-0.4, -0.2) is 51.4 Å². The summed E-state index contributed by atoms with van der Waals surface area (Å²) < 4.78 is 28.0. The molecule has 0 bridgehead atoms. The Morgan fingerprint density at radius 1 is 1.15 bits per heavy atom. The minimum atomic E-state index is -3.04. The lowest BCUT2D eigenvalue weighted by Gasteiger charge is -2.17. The summed E-state index contributed by atoms with van der Waals surface area (Å²) in [4.78, 5) is 24.3. The second-order valence-electron chi connectivity index (χ2n) is 7.37. The molecule has 1 aliphatic heterocycles. The summed E-state index contributed by atoms with van der Waals surface area (Å²) in [6, 6.07) is 7.42. The number of rotatable bonds is 8. The molecule has 0 radical (unpaired) electrons. The number of carbonyl (C=O) groups is 2. The van der Waals surface area contributed by atoms with Gasteiger partial charge in [-0.15, -0.1) is 0 Å². The van der Waals surface area contributed by atoms with Crippen molar-refractivity contribution in [3.05, 3.63) is 29.8 Å². The van der Waals surface area contributed by atoms with Crippen LogP contribution < -0.4 is 15.4 Å². The zero-order chi connectivity index (χ0) is 19.4. The molecule has 1 aromatic carbocycles. The highest BCUT2D eigenvalue weighted by Crippen LogP contribution is 2.44. The van der Waals surface area contributed by atoms with Crippen molar-refractivity contribution in [2.45, 2.75) is 37.6 Å². The van der Waals surface area contributed by atoms with E-state index < -0.39 is 9.84 Å². The molecule has 3 rings (SSSR count). The van der Waals surface area contributed by atoms with Crippen LogP contribution in [0.25, 0.3) is 0 Å². The lowest BCUT2D eigenvalue weighted by Crippen LogP contribution is -2.42. The Labute approximate surface area is 159 Å². The van der Waals surface area contributed by atoms with Gasteiger partial charge in [0.1, 0.15) is 5.75 Å². The van der Waals surface area contributed by atoms with E-state index in [2.05, 4.69) is 10.6 Å². The topological polar surface area (TPSA) is 102 Å². The molecule has 1 saturated heterocycles. The van der Waals surface area contributed by atoms with Crippen molar-refractivity contribution >= 4 is 21.7 Å². The van der Waals surface area contributed by atoms with Gasteiger partial charge in [0, 0.05) is 12.5 Å². The van der Waals surface area contributed by atoms with Gasteiger partial charge in [-0.1, -0.05) is 12.1 Å². The summed E-state index contributed by atoms with van der Waals surface area (Å²) in [5.41, 5.74) is 1.11. The van der Waals surface area contributed by atoms with Gasteiger partial charge in [0.05, 0.1) is 25.2 Å². The molecule has 2 N–H and O–H groups in total. The molecule has 2 atom stereocenters. The van der Waals surface area contributed by atoms with E-state index in [1.807, 2.05) is 24.3 Å². The summed E-state index contributed by atoms with van der Waals surface area (Å²) in [5, 5.41) is 5.33. The Kier molecular flexibility index (Phi) is 6.04. The number of ether oxygens (including phenoxy) is 1. The number of sulfone groups is 1. The van der Waals surface area contributed by atoms with E-state index in [0.29, 0.717) is 18.8 Å². The standard InChI is InChI=1S/C19H26N2O5S/c1-26-16-6-4-14(5-7-16)17(13-2-3-13)10-18(22)20-11-19(23)21-15-8-9-27(24,25)12-15/h4-7,13,15,17H,2-3,8-12H2,1H3,(H,20,22)(H,21,23). The molecule has 2 fully saturated rings. The predicted molar refractivity (Wildman–Crippen MR) is 101 cm³/mol. The van der Waals surface area contributed by atoms with Crippen LogP contribution in [0.1, 0.15) is 37.2 Å². The lowest BCUT2D eigenvalue weighted by atomic mass is 9.90. The Morgan fingerprint density at radius 2 is 1.85 bits per heavy atom. The monoisotopic (exact) mass is 394 g/mol. The van der Waals surface area contributed by atoms with E-state index in [-0.39, 0.29) is 41.8 Å². The molecular formula is C19H26N2O5S. The first kappa shape index (κ1) is 19.7. The van der Waals surface area contributed by atoms with Crippen molar-refractivity contribution < 1.29 is 22.7 Å². The fraction of sp³-hybridized carbons (Fsp3) is 0.579. The number of carbonyl (C=O) groups excluding carboxylic acids is 2. The molecule has 0 aromatic heterocycles.